The molecule has 0 spiro atoms. The van der Waals surface area contributed by atoms with E-state index < -0.39 is 5.91 Å². The maximum atomic E-state index is 13.3. The van der Waals surface area contributed by atoms with Gasteiger partial charge >= 0.3 is 0 Å². The fraction of sp³-hybridized carbons (Fsp3) is 0.240. The van der Waals surface area contributed by atoms with Gasteiger partial charge in [0.05, 0.1) is 29.5 Å². The van der Waals surface area contributed by atoms with Crippen LogP contribution in [0.2, 0.25) is 0 Å². The Bertz CT molecular complexity index is 1190. The highest BCUT2D eigenvalue weighted by Gasteiger charge is 2.38. The van der Waals surface area contributed by atoms with Gasteiger partial charge in [0.2, 0.25) is 0 Å². The van der Waals surface area contributed by atoms with Gasteiger partial charge in [0.1, 0.15) is 5.75 Å². The van der Waals surface area contributed by atoms with Crippen LogP contribution in [0.3, 0.4) is 0 Å². The summed E-state index contributed by atoms with van der Waals surface area (Å²) in [5, 5.41) is 4.10. The molecule has 0 radical (unpaired) electrons. The monoisotopic (exact) mass is 446 g/mol. The van der Waals surface area contributed by atoms with E-state index in [2.05, 4.69) is 11.4 Å². The summed E-state index contributed by atoms with van der Waals surface area (Å²) >= 11 is 1.62. The molecule has 5 rings (SSSR count). The smallest absolute Gasteiger partial charge is 0.266 e. The molecule has 32 heavy (non-hydrogen) atoms. The van der Waals surface area contributed by atoms with Crippen LogP contribution in [0.1, 0.15) is 62.4 Å². The molecule has 6 nitrogen and oxygen atoms in total. The predicted octanol–water partition coefficient (Wildman–Crippen LogP) is 4.92. The van der Waals surface area contributed by atoms with Crippen LogP contribution in [0.25, 0.3) is 0 Å². The average molecular weight is 447 g/mol. The van der Waals surface area contributed by atoms with E-state index in [1.54, 1.807) is 53.8 Å². The Balaban J connectivity index is 1.42. The Morgan fingerprint density at radius 1 is 1.06 bits per heavy atom. The number of nitrogens with zero attached hydrogens (tertiary/aromatic N) is 2. The second-order valence-corrected chi connectivity index (χ2v) is 8.63. The topological polar surface area (TPSA) is 66.9 Å². The molecule has 2 aromatic carbocycles. The van der Waals surface area contributed by atoms with E-state index in [9.17, 15) is 14.4 Å². The fourth-order valence-electron chi connectivity index (χ4n) is 4.45. The Morgan fingerprint density at radius 2 is 1.84 bits per heavy atom. The van der Waals surface area contributed by atoms with Crippen molar-refractivity contribution in [1.29, 1.82) is 0 Å². The van der Waals surface area contributed by atoms with E-state index in [0.29, 0.717) is 35.7 Å². The first-order chi connectivity index (χ1) is 15.6. The lowest BCUT2D eigenvalue weighted by Crippen LogP contribution is -2.30. The molecule has 7 heteroatoms. The molecule has 1 atom stereocenters. The molecule has 162 valence electrons. The van der Waals surface area contributed by atoms with Crippen molar-refractivity contribution < 1.29 is 19.1 Å². The standard InChI is InChI=1S/C25H22N2O4S/c1-2-31-19-8-6-18(7-9-19)27-24(29)20-10-5-16(14-21(20)25(27)30)23(28)26-12-3-4-22(26)17-11-13-32-15-17/h5-11,13-15,22H,2-4,12H2,1H3. The maximum Gasteiger partial charge on any atom is 0.266 e. The van der Waals surface area contributed by atoms with Crippen LogP contribution in [-0.2, 0) is 0 Å². The van der Waals surface area contributed by atoms with Crippen molar-refractivity contribution in [2.24, 2.45) is 0 Å². The van der Waals surface area contributed by atoms with E-state index in [1.807, 2.05) is 17.2 Å². The molecule has 3 amide bonds. The van der Waals surface area contributed by atoms with E-state index >= 15 is 0 Å². The van der Waals surface area contributed by atoms with Crippen LogP contribution < -0.4 is 9.64 Å². The molecule has 1 fully saturated rings. The summed E-state index contributed by atoms with van der Waals surface area (Å²) in [5.74, 6) is -0.238. The van der Waals surface area contributed by atoms with Crippen molar-refractivity contribution in [1.82, 2.24) is 4.90 Å². The summed E-state index contributed by atoms with van der Waals surface area (Å²) in [7, 11) is 0. The number of fused-ring (bicyclic) bond motifs is 1. The van der Waals surface area contributed by atoms with Gasteiger partial charge in [-0.15, -0.1) is 0 Å². The molecule has 0 saturated carbocycles. The lowest BCUT2D eigenvalue weighted by Gasteiger charge is -2.24. The van der Waals surface area contributed by atoms with Crippen molar-refractivity contribution in [3.8, 4) is 5.75 Å². The molecule has 3 aromatic rings. The third-order valence-electron chi connectivity index (χ3n) is 5.98. The van der Waals surface area contributed by atoms with Gasteiger partial charge in [-0.3, -0.25) is 14.4 Å². The van der Waals surface area contributed by atoms with E-state index in [0.717, 1.165) is 23.3 Å². The molecule has 2 aliphatic rings. The third-order valence-corrected chi connectivity index (χ3v) is 6.68. The highest BCUT2D eigenvalue weighted by atomic mass is 32.1. The van der Waals surface area contributed by atoms with Gasteiger partial charge in [0.15, 0.2) is 0 Å². The molecule has 1 unspecified atom stereocenters. The van der Waals surface area contributed by atoms with Gasteiger partial charge in [0, 0.05) is 12.1 Å². The van der Waals surface area contributed by atoms with Crippen LogP contribution in [0.5, 0.6) is 5.75 Å². The fourth-order valence-corrected chi connectivity index (χ4v) is 5.16. The number of thiophene rings is 1. The van der Waals surface area contributed by atoms with Gasteiger partial charge in [0.25, 0.3) is 17.7 Å². The minimum Gasteiger partial charge on any atom is -0.494 e. The number of hydrogen-bond donors (Lipinski definition) is 0. The number of rotatable bonds is 5. The summed E-state index contributed by atoms with van der Waals surface area (Å²) in [5.41, 5.74) is 2.64. The Hall–Kier alpha value is -3.45. The number of likely N-dealkylation sites (tertiary alicyclic amines) is 1. The maximum absolute atomic E-state index is 13.3. The third kappa shape index (κ3) is 3.39. The first kappa shape index (κ1) is 20.5. The van der Waals surface area contributed by atoms with Gasteiger partial charge in [-0.1, -0.05) is 0 Å². The van der Waals surface area contributed by atoms with Gasteiger partial charge in [-0.25, -0.2) is 4.90 Å². The van der Waals surface area contributed by atoms with Crippen molar-refractivity contribution in [2.75, 3.05) is 18.1 Å². The quantitative estimate of drug-likeness (QED) is 0.522. The van der Waals surface area contributed by atoms with Crippen LogP contribution >= 0.6 is 11.3 Å². The van der Waals surface area contributed by atoms with Gasteiger partial charge in [-0.05, 0) is 84.6 Å². The van der Waals surface area contributed by atoms with E-state index in [1.165, 1.54) is 0 Å². The molecule has 3 heterocycles. The number of benzene rings is 2. The molecular weight excluding hydrogens is 424 g/mol. The Labute approximate surface area is 190 Å². The van der Waals surface area contributed by atoms with Gasteiger partial charge < -0.3 is 9.64 Å². The first-order valence-electron chi connectivity index (χ1n) is 10.7. The molecular formula is C25H22N2O4S. The zero-order valence-corrected chi connectivity index (χ0v) is 18.4. The zero-order chi connectivity index (χ0) is 22.2. The molecule has 0 bridgehead atoms. The Morgan fingerprint density at radius 3 is 2.56 bits per heavy atom. The minimum absolute atomic E-state index is 0.0553. The number of ether oxygens (including phenoxy) is 1. The minimum atomic E-state index is -0.417. The molecule has 1 saturated heterocycles. The second kappa shape index (κ2) is 8.24. The second-order valence-electron chi connectivity index (χ2n) is 7.85. The highest BCUT2D eigenvalue weighted by molar-refractivity contribution is 7.08. The first-order valence-corrected chi connectivity index (χ1v) is 11.6. The number of carbonyl (C=O) groups is 3. The highest BCUT2D eigenvalue weighted by Crippen LogP contribution is 2.35. The molecule has 0 aliphatic carbocycles. The summed E-state index contributed by atoms with van der Waals surface area (Å²) in [4.78, 5) is 42.4. The van der Waals surface area contributed by atoms with Crippen LogP contribution in [0.15, 0.2) is 59.3 Å². The summed E-state index contributed by atoms with van der Waals surface area (Å²) < 4.78 is 5.44. The summed E-state index contributed by atoms with van der Waals surface area (Å²) in [6.07, 6.45) is 1.87. The average Bonchev–Trinajstić information content (AvgIpc) is 3.55. The zero-order valence-electron chi connectivity index (χ0n) is 17.6. The SMILES string of the molecule is CCOc1ccc(N2C(=O)c3ccc(C(=O)N4CCCC4c4ccsc4)cc3C2=O)cc1. The van der Waals surface area contributed by atoms with E-state index in [4.69, 9.17) is 4.74 Å². The van der Waals surface area contributed by atoms with Crippen molar-refractivity contribution in [3.05, 3.63) is 81.5 Å². The van der Waals surface area contributed by atoms with Gasteiger partial charge in [-0.2, -0.15) is 11.3 Å². The normalized spacial score (nSPS) is 17.7. The molecule has 0 N–H and O–H groups in total. The number of amides is 3. The summed E-state index contributed by atoms with van der Waals surface area (Å²) in [6, 6.07) is 13.8. The number of hydrogen-bond acceptors (Lipinski definition) is 5. The van der Waals surface area contributed by atoms with Crippen molar-refractivity contribution in [3.63, 3.8) is 0 Å². The van der Waals surface area contributed by atoms with Crippen LogP contribution in [0, 0.1) is 0 Å². The lowest BCUT2D eigenvalue weighted by molar-refractivity contribution is 0.0735. The largest absolute Gasteiger partial charge is 0.494 e. The van der Waals surface area contributed by atoms with Crippen molar-refractivity contribution in [2.45, 2.75) is 25.8 Å². The molecule has 2 aliphatic heterocycles. The number of imide groups is 1. The molecule has 1 aromatic heterocycles. The Kier molecular flexibility index (Phi) is 5.27. The van der Waals surface area contributed by atoms with Crippen molar-refractivity contribution >= 4 is 34.7 Å². The summed E-state index contributed by atoms with van der Waals surface area (Å²) in [6.45, 7) is 3.11. The van der Waals surface area contributed by atoms with E-state index in [-0.39, 0.29) is 23.4 Å². The number of carbonyl (C=O) groups excluding carboxylic acids is 3. The van der Waals surface area contributed by atoms with Crippen LogP contribution in [-0.4, -0.2) is 35.8 Å². The predicted molar refractivity (Wildman–Crippen MR) is 123 cm³/mol. The number of anilines is 1. The lowest BCUT2D eigenvalue weighted by atomic mass is 10.0. The van der Waals surface area contributed by atoms with Crippen LogP contribution in [0.4, 0.5) is 5.69 Å².